The number of amides is 1. The van der Waals surface area contributed by atoms with Crippen LogP contribution in [0.1, 0.15) is 19.4 Å². The van der Waals surface area contributed by atoms with E-state index in [1.54, 1.807) is 19.1 Å². The first-order valence-corrected chi connectivity index (χ1v) is 6.19. The third-order valence-electron chi connectivity index (χ3n) is 2.40. The fourth-order valence-electron chi connectivity index (χ4n) is 1.43. The molecule has 1 aromatic carbocycles. The van der Waals surface area contributed by atoms with Crippen LogP contribution in [0.15, 0.2) is 30.3 Å². The number of Topliss-reactive ketones (excluding diaryl/α,β-unsaturated/α-hetero) is 1. The zero-order chi connectivity index (χ0) is 15.0. The van der Waals surface area contributed by atoms with Gasteiger partial charge in [-0.1, -0.05) is 30.3 Å². The van der Waals surface area contributed by atoms with Crippen molar-refractivity contribution in [1.29, 1.82) is 0 Å². The Bertz CT molecular complexity index is 472. The second kappa shape index (κ2) is 7.93. The molecule has 108 valence electrons. The summed E-state index contributed by atoms with van der Waals surface area (Å²) in [5.74, 6) is -1.31. The molecule has 1 atom stereocenters. The molecule has 1 aromatic rings. The first-order valence-electron chi connectivity index (χ1n) is 6.19. The Morgan fingerprint density at radius 2 is 1.80 bits per heavy atom. The highest BCUT2D eigenvalue weighted by Gasteiger charge is 2.27. The van der Waals surface area contributed by atoms with Crippen LogP contribution in [-0.2, 0) is 25.7 Å². The zero-order valence-corrected chi connectivity index (χ0v) is 11.4. The lowest BCUT2D eigenvalue weighted by Crippen LogP contribution is -2.46. The van der Waals surface area contributed by atoms with Crippen LogP contribution in [0.3, 0.4) is 0 Å². The zero-order valence-electron chi connectivity index (χ0n) is 11.4. The third kappa shape index (κ3) is 5.09. The van der Waals surface area contributed by atoms with Crippen molar-refractivity contribution in [2.75, 3.05) is 6.61 Å². The Hall–Kier alpha value is -2.37. The number of carbonyl (C=O) groups is 3. The summed E-state index contributed by atoms with van der Waals surface area (Å²) < 4.78 is 9.63. The molecule has 0 aliphatic heterocycles. The highest BCUT2D eigenvalue weighted by atomic mass is 16.6. The van der Waals surface area contributed by atoms with Crippen LogP contribution in [0.5, 0.6) is 0 Å². The Morgan fingerprint density at radius 1 is 1.15 bits per heavy atom. The van der Waals surface area contributed by atoms with E-state index in [4.69, 9.17) is 9.47 Å². The predicted octanol–water partition coefficient (Wildman–Crippen LogP) is 1.43. The summed E-state index contributed by atoms with van der Waals surface area (Å²) >= 11 is 0. The molecule has 20 heavy (non-hydrogen) atoms. The number of carbonyl (C=O) groups excluding carboxylic acids is 3. The molecule has 6 heteroatoms. The second-order valence-electron chi connectivity index (χ2n) is 4.00. The maximum absolute atomic E-state index is 11.5. The van der Waals surface area contributed by atoms with E-state index in [0.29, 0.717) is 0 Å². The van der Waals surface area contributed by atoms with E-state index >= 15 is 0 Å². The van der Waals surface area contributed by atoms with Crippen LogP contribution in [0.25, 0.3) is 0 Å². The Balaban J connectivity index is 2.50. The minimum Gasteiger partial charge on any atom is -0.464 e. The average Bonchev–Trinajstić information content (AvgIpc) is 2.43. The van der Waals surface area contributed by atoms with Gasteiger partial charge in [-0.15, -0.1) is 0 Å². The third-order valence-corrected chi connectivity index (χ3v) is 2.40. The SMILES string of the molecule is CCOC(=O)C(NC(=O)OCc1ccccc1)C(C)=O. The molecule has 1 N–H and O–H groups in total. The van der Waals surface area contributed by atoms with E-state index < -0.39 is 23.9 Å². The second-order valence-corrected chi connectivity index (χ2v) is 4.00. The van der Waals surface area contributed by atoms with Gasteiger partial charge in [0.2, 0.25) is 0 Å². The van der Waals surface area contributed by atoms with Gasteiger partial charge < -0.3 is 14.8 Å². The number of nitrogens with one attached hydrogen (secondary N) is 1. The highest BCUT2D eigenvalue weighted by molar-refractivity contribution is 6.04. The van der Waals surface area contributed by atoms with Gasteiger partial charge in [-0.2, -0.15) is 0 Å². The minimum absolute atomic E-state index is 0.0557. The summed E-state index contributed by atoms with van der Waals surface area (Å²) in [4.78, 5) is 34.3. The summed E-state index contributed by atoms with van der Waals surface area (Å²) in [6.07, 6.45) is -0.845. The molecule has 1 rings (SSSR count). The van der Waals surface area contributed by atoms with Crippen molar-refractivity contribution in [2.24, 2.45) is 0 Å². The van der Waals surface area contributed by atoms with Crippen molar-refractivity contribution in [2.45, 2.75) is 26.5 Å². The number of rotatable bonds is 6. The molecule has 0 spiro atoms. The van der Waals surface area contributed by atoms with E-state index in [2.05, 4.69) is 5.32 Å². The van der Waals surface area contributed by atoms with Crippen molar-refractivity contribution in [1.82, 2.24) is 5.32 Å². The smallest absolute Gasteiger partial charge is 0.408 e. The van der Waals surface area contributed by atoms with Gasteiger partial charge in [0.15, 0.2) is 11.8 Å². The monoisotopic (exact) mass is 279 g/mol. The van der Waals surface area contributed by atoms with Crippen molar-refractivity contribution in [3.63, 3.8) is 0 Å². The average molecular weight is 279 g/mol. The number of ketones is 1. The number of hydrogen-bond donors (Lipinski definition) is 1. The number of alkyl carbamates (subject to hydrolysis) is 1. The van der Waals surface area contributed by atoms with E-state index in [9.17, 15) is 14.4 Å². The van der Waals surface area contributed by atoms with Gasteiger partial charge in [0.05, 0.1) is 6.61 Å². The summed E-state index contributed by atoms with van der Waals surface area (Å²) in [6.45, 7) is 2.99. The van der Waals surface area contributed by atoms with Crippen LogP contribution < -0.4 is 5.32 Å². The first kappa shape index (κ1) is 15.7. The van der Waals surface area contributed by atoms with Crippen molar-refractivity contribution >= 4 is 17.8 Å². The number of ether oxygens (including phenoxy) is 2. The van der Waals surface area contributed by atoms with Gasteiger partial charge in [-0.25, -0.2) is 9.59 Å². The standard InChI is InChI=1S/C14H17NO5/c1-3-19-13(17)12(10(2)16)15-14(18)20-9-11-7-5-4-6-8-11/h4-8,12H,3,9H2,1-2H3,(H,15,18). The van der Waals surface area contributed by atoms with Gasteiger partial charge in [-0.3, -0.25) is 4.79 Å². The van der Waals surface area contributed by atoms with Crippen molar-refractivity contribution in [3.8, 4) is 0 Å². The molecule has 0 saturated heterocycles. The molecule has 0 fully saturated rings. The number of benzene rings is 1. The highest BCUT2D eigenvalue weighted by Crippen LogP contribution is 2.01. The maximum atomic E-state index is 11.5. The molecule has 1 amide bonds. The normalized spacial score (nSPS) is 11.3. The molecule has 0 heterocycles. The quantitative estimate of drug-likeness (QED) is 0.629. The van der Waals surface area contributed by atoms with Gasteiger partial charge >= 0.3 is 12.1 Å². The topological polar surface area (TPSA) is 81.7 Å². The molecule has 1 unspecified atom stereocenters. The molecule has 6 nitrogen and oxygen atoms in total. The van der Waals surface area contributed by atoms with E-state index in [-0.39, 0.29) is 13.2 Å². The van der Waals surface area contributed by atoms with Gasteiger partial charge in [0.25, 0.3) is 0 Å². The Labute approximate surface area is 117 Å². The largest absolute Gasteiger partial charge is 0.464 e. The molecule has 0 aromatic heterocycles. The Kier molecular flexibility index (Phi) is 6.22. The molecule has 0 radical (unpaired) electrons. The van der Waals surface area contributed by atoms with Crippen LogP contribution >= 0.6 is 0 Å². The van der Waals surface area contributed by atoms with E-state index in [1.807, 2.05) is 18.2 Å². The van der Waals surface area contributed by atoms with Crippen LogP contribution in [0, 0.1) is 0 Å². The minimum atomic E-state index is -1.33. The van der Waals surface area contributed by atoms with Crippen molar-refractivity contribution in [3.05, 3.63) is 35.9 Å². The summed E-state index contributed by atoms with van der Waals surface area (Å²) in [5.41, 5.74) is 0.804. The molecule has 0 aliphatic carbocycles. The van der Waals surface area contributed by atoms with Gasteiger partial charge in [0.1, 0.15) is 6.61 Å². The van der Waals surface area contributed by atoms with E-state index in [0.717, 1.165) is 5.56 Å². The number of hydrogen-bond acceptors (Lipinski definition) is 5. The molecule has 0 saturated carbocycles. The lowest BCUT2D eigenvalue weighted by Gasteiger charge is -2.14. The number of esters is 1. The summed E-state index contributed by atoms with van der Waals surface area (Å²) in [7, 11) is 0. The van der Waals surface area contributed by atoms with Gasteiger partial charge in [-0.05, 0) is 19.4 Å². The molecule has 0 aliphatic rings. The van der Waals surface area contributed by atoms with Crippen LogP contribution in [-0.4, -0.2) is 30.5 Å². The molecular weight excluding hydrogens is 262 g/mol. The predicted molar refractivity (Wildman–Crippen MR) is 70.9 cm³/mol. The van der Waals surface area contributed by atoms with Crippen LogP contribution in [0.4, 0.5) is 4.79 Å². The van der Waals surface area contributed by atoms with Crippen molar-refractivity contribution < 1.29 is 23.9 Å². The maximum Gasteiger partial charge on any atom is 0.408 e. The van der Waals surface area contributed by atoms with Gasteiger partial charge in [0, 0.05) is 0 Å². The van der Waals surface area contributed by atoms with E-state index in [1.165, 1.54) is 6.92 Å². The Morgan fingerprint density at radius 3 is 2.35 bits per heavy atom. The lowest BCUT2D eigenvalue weighted by atomic mass is 10.2. The lowest BCUT2D eigenvalue weighted by molar-refractivity contribution is -0.148. The summed E-state index contributed by atoms with van der Waals surface area (Å²) in [6, 6.07) is 7.72. The fraction of sp³-hybridized carbons (Fsp3) is 0.357. The summed E-state index contributed by atoms with van der Waals surface area (Å²) in [5, 5.41) is 2.19. The molecule has 0 bridgehead atoms. The fourth-order valence-corrected chi connectivity index (χ4v) is 1.43. The van der Waals surface area contributed by atoms with Crippen LogP contribution in [0.2, 0.25) is 0 Å². The molecular formula is C14H17NO5. The first-order chi connectivity index (χ1) is 9.54.